The van der Waals surface area contributed by atoms with Gasteiger partial charge in [0.15, 0.2) is 0 Å². The van der Waals surface area contributed by atoms with Gasteiger partial charge in [0, 0.05) is 12.1 Å². The zero-order chi connectivity index (χ0) is 14.1. The minimum atomic E-state index is -0.410. The SMILES string of the molecule is N[C@H]1CCN(c2ccccc2-c2cccc(O)c2)C1=O. The molecule has 1 saturated heterocycles. The van der Waals surface area contributed by atoms with Crippen LogP contribution in [0, 0.1) is 0 Å². The van der Waals surface area contributed by atoms with E-state index in [1.54, 1.807) is 23.1 Å². The summed E-state index contributed by atoms with van der Waals surface area (Å²) >= 11 is 0. The summed E-state index contributed by atoms with van der Waals surface area (Å²) in [6, 6.07) is 14.3. The number of nitrogens with zero attached hydrogens (tertiary/aromatic N) is 1. The average Bonchev–Trinajstić information content (AvgIpc) is 2.79. The highest BCUT2D eigenvalue weighted by Crippen LogP contribution is 2.34. The van der Waals surface area contributed by atoms with Gasteiger partial charge < -0.3 is 15.7 Å². The Morgan fingerprint density at radius 2 is 1.95 bits per heavy atom. The number of phenolic OH excluding ortho intramolecular Hbond substituents is 1. The third-order valence-corrected chi connectivity index (χ3v) is 3.60. The normalized spacial score (nSPS) is 18.6. The van der Waals surface area contributed by atoms with Crippen LogP contribution in [0.15, 0.2) is 48.5 Å². The fraction of sp³-hybridized carbons (Fsp3) is 0.188. The molecule has 2 aromatic rings. The number of phenols is 1. The minimum absolute atomic E-state index is 0.0439. The molecule has 1 aliphatic rings. The van der Waals surface area contributed by atoms with Crippen molar-refractivity contribution >= 4 is 11.6 Å². The Bertz CT molecular complexity index is 654. The van der Waals surface area contributed by atoms with Gasteiger partial charge in [-0.3, -0.25) is 4.79 Å². The molecule has 0 spiro atoms. The first-order chi connectivity index (χ1) is 9.66. The second-order valence-corrected chi connectivity index (χ2v) is 4.95. The molecule has 1 aliphatic heterocycles. The van der Waals surface area contributed by atoms with Crippen LogP contribution >= 0.6 is 0 Å². The molecule has 0 aromatic heterocycles. The van der Waals surface area contributed by atoms with Crippen molar-refractivity contribution < 1.29 is 9.90 Å². The van der Waals surface area contributed by atoms with E-state index in [4.69, 9.17) is 5.73 Å². The Morgan fingerprint density at radius 1 is 1.15 bits per heavy atom. The van der Waals surface area contributed by atoms with Crippen LogP contribution in [0.25, 0.3) is 11.1 Å². The number of benzene rings is 2. The van der Waals surface area contributed by atoms with Crippen molar-refractivity contribution in [1.82, 2.24) is 0 Å². The van der Waals surface area contributed by atoms with E-state index in [-0.39, 0.29) is 11.7 Å². The van der Waals surface area contributed by atoms with Crippen LogP contribution < -0.4 is 10.6 Å². The highest BCUT2D eigenvalue weighted by molar-refractivity contribution is 6.02. The Balaban J connectivity index is 2.07. The molecule has 3 rings (SSSR count). The van der Waals surface area contributed by atoms with E-state index in [9.17, 15) is 9.90 Å². The van der Waals surface area contributed by atoms with Gasteiger partial charge in [0.2, 0.25) is 5.91 Å². The van der Waals surface area contributed by atoms with Gasteiger partial charge in [-0.25, -0.2) is 0 Å². The van der Waals surface area contributed by atoms with Gasteiger partial charge in [-0.15, -0.1) is 0 Å². The number of rotatable bonds is 2. The van der Waals surface area contributed by atoms with Gasteiger partial charge in [-0.05, 0) is 30.2 Å². The molecule has 0 aliphatic carbocycles. The Labute approximate surface area is 117 Å². The monoisotopic (exact) mass is 268 g/mol. The Hall–Kier alpha value is -2.33. The van der Waals surface area contributed by atoms with Gasteiger partial charge in [-0.1, -0.05) is 30.3 Å². The molecule has 1 atom stereocenters. The van der Waals surface area contributed by atoms with Gasteiger partial charge in [0.05, 0.1) is 11.7 Å². The molecule has 20 heavy (non-hydrogen) atoms. The molecule has 0 bridgehead atoms. The maximum absolute atomic E-state index is 12.1. The first-order valence-corrected chi connectivity index (χ1v) is 6.62. The topological polar surface area (TPSA) is 66.6 Å². The first-order valence-electron chi connectivity index (χ1n) is 6.62. The number of carbonyl (C=O) groups excluding carboxylic acids is 1. The molecule has 1 amide bonds. The van der Waals surface area contributed by atoms with Crippen LogP contribution in [0.3, 0.4) is 0 Å². The molecule has 0 unspecified atom stereocenters. The lowest BCUT2D eigenvalue weighted by Crippen LogP contribution is -2.34. The number of amides is 1. The van der Waals surface area contributed by atoms with Crippen LogP contribution in [-0.4, -0.2) is 23.6 Å². The van der Waals surface area contributed by atoms with Gasteiger partial charge in [-0.2, -0.15) is 0 Å². The molecular weight excluding hydrogens is 252 g/mol. The summed E-state index contributed by atoms with van der Waals surface area (Å²) in [5.41, 5.74) is 8.44. The minimum Gasteiger partial charge on any atom is -0.508 e. The number of aromatic hydroxyl groups is 1. The molecular formula is C16H16N2O2. The van der Waals surface area contributed by atoms with Gasteiger partial charge >= 0.3 is 0 Å². The molecule has 102 valence electrons. The summed E-state index contributed by atoms with van der Waals surface area (Å²) < 4.78 is 0. The lowest BCUT2D eigenvalue weighted by atomic mass is 10.0. The summed E-state index contributed by atoms with van der Waals surface area (Å²) in [7, 11) is 0. The van der Waals surface area contributed by atoms with E-state index < -0.39 is 6.04 Å². The second-order valence-electron chi connectivity index (χ2n) is 4.95. The Kier molecular flexibility index (Phi) is 3.16. The maximum atomic E-state index is 12.1. The van der Waals surface area contributed by atoms with E-state index in [1.807, 2.05) is 30.3 Å². The van der Waals surface area contributed by atoms with Crippen molar-refractivity contribution in [3.8, 4) is 16.9 Å². The zero-order valence-corrected chi connectivity index (χ0v) is 11.0. The molecule has 4 heteroatoms. The summed E-state index contributed by atoms with van der Waals surface area (Å²) in [4.78, 5) is 13.8. The third kappa shape index (κ3) is 2.14. The fourth-order valence-electron chi connectivity index (χ4n) is 2.57. The lowest BCUT2D eigenvalue weighted by Gasteiger charge is -2.20. The van der Waals surface area contributed by atoms with Crippen molar-refractivity contribution in [2.45, 2.75) is 12.5 Å². The van der Waals surface area contributed by atoms with Crippen LogP contribution in [0.5, 0.6) is 5.75 Å². The summed E-state index contributed by atoms with van der Waals surface area (Å²) in [5, 5.41) is 9.62. The van der Waals surface area contributed by atoms with E-state index in [1.165, 1.54) is 0 Å². The number of carbonyl (C=O) groups is 1. The van der Waals surface area contributed by atoms with Crippen LogP contribution in [0.2, 0.25) is 0 Å². The highest BCUT2D eigenvalue weighted by Gasteiger charge is 2.30. The number of anilines is 1. The van der Waals surface area contributed by atoms with E-state index >= 15 is 0 Å². The van der Waals surface area contributed by atoms with E-state index in [0.29, 0.717) is 13.0 Å². The molecule has 1 heterocycles. The number of nitrogens with two attached hydrogens (primary N) is 1. The average molecular weight is 268 g/mol. The zero-order valence-electron chi connectivity index (χ0n) is 11.0. The predicted octanol–water partition coefficient (Wildman–Crippen LogP) is 2.12. The molecule has 1 fully saturated rings. The summed E-state index contributed by atoms with van der Waals surface area (Å²) in [5.74, 6) is 0.166. The number of para-hydroxylation sites is 1. The summed E-state index contributed by atoms with van der Waals surface area (Å²) in [6.07, 6.45) is 0.674. The largest absolute Gasteiger partial charge is 0.508 e. The third-order valence-electron chi connectivity index (χ3n) is 3.60. The van der Waals surface area contributed by atoms with Crippen molar-refractivity contribution in [2.24, 2.45) is 5.73 Å². The van der Waals surface area contributed by atoms with Crippen LogP contribution in [0.1, 0.15) is 6.42 Å². The molecule has 4 nitrogen and oxygen atoms in total. The second kappa shape index (κ2) is 4.98. The molecule has 2 aromatic carbocycles. The van der Waals surface area contributed by atoms with Gasteiger partial charge in [0.25, 0.3) is 0 Å². The predicted molar refractivity (Wildman–Crippen MR) is 78.5 cm³/mol. The first kappa shape index (κ1) is 12.7. The highest BCUT2D eigenvalue weighted by atomic mass is 16.3. The lowest BCUT2D eigenvalue weighted by molar-refractivity contribution is -0.118. The van der Waals surface area contributed by atoms with Crippen molar-refractivity contribution in [2.75, 3.05) is 11.4 Å². The Morgan fingerprint density at radius 3 is 2.65 bits per heavy atom. The number of hydrogen-bond acceptors (Lipinski definition) is 3. The fourth-order valence-corrected chi connectivity index (χ4v) is 2.57. The van der Waals surface area contributed by atoms with Crippen molar-refractivity contribution in [3.63, 3.8) is 0 Å². The van der Waals surface area contributed by atoms with E-state index in [0.717, 1.165) is 16.8 Å². The standard InChI is InChI=1S/C16H16N2O2/c17-14-8-9-18(16(14)20)15-7-2-1-6-13(15)11-4-3-5-12(19)10-11/h1-7,10,14,19H,8-9,17H2/t14-/m0/s1. The van der Waals surface area contributed by atoms with Gasteiger partial charge in [0.1, 0.15) is 5.75 Å². The van der Waals surface area contributed by atoms with Crippen molar-refractivity contribution in [3.05, 3.63) is 48.5 Å². The quantitative estimate of drug-likeness (QED) is 0.876. The van der Waals surface area contributed by atoms with E-state index in [2.05, 4.69) is 0 Å². The maximum Gasteiger partial charge on any atom is 0.243 e. The summed E-state index contributed by atoms with van der Waals surface area (Å²) in [6.45, 7) is 0.635. The molecule has 0 radical (unpaired) electrons. The van der Waals surface area contributed by atoms with Crippen molar-refractivity contribution in [1.29, 1.82) is 0 Å². The molecule has 3 N–H and O–H groups in total. The number of hydrogen-bond donors (Lipinski definition) is 2. The smallest absolute Gasteiger partial charge is 0.243 e. The molecule has 0 saturated carbocycles. The van der Waals surface area contributed by atoms with Crippen LogP contribution in [0.4, 0.5) is 5.69 Å². The van der Waals surface area contributed by atoms with Crippen LogP contribution in [-0.2, 0) is 4.79 Å².